The molecule has 1 aliphatic heterocycles. The Morgan fingerprint density at radius 3 is 2.65 bits per heavy atom. The monoisotopic (exact) mass is 374 g/mol. The topological polar surface area (TPSA) is 97.6 Å². The molecule has 0 radical (unpaired) electrons. The number of anilines is 3. The largest absolute Gasteiger partial charge is 0.476 e. The zero-order valence-corrected chi connectivity index (χ0v) is 15.2. The highest BCUT2D eigenvalue weighted by molar-refractivity contribution is 6.30. The molecule has 0 saturated heterocycles. The first-order chi connectivity index (χ1) is 12.3. The fourth-order valence-corrected chi connectivity index (χ4v) is 2.76. The van der Waals surface area contributed by atoms with E-state index in [1.54, 1.807) is 36.4 Å². The minimum Gasteiger partial charge on any atom is -0.476 e. The molecular formula is C18H19ClN4O3. The molecule has 2 heterocycles. The first-order valence-electron chi connectivity index (χ1n) is 8.15. The van der Waals surface area contributed by atoms with Gasteiger partial charge in [0.2, 0.25) is 5.91 Å². The summed E-state index contributed by atoms with van der Waals surface area (Å²) in [6, 6.07) is 9.96. The normalized spacial score (nSPS) is 16.2. The van der Waals surface area contributed by atoms with Crippen molar-refractivity contribution in [1.82, 2.24) is 4.98 Å². The van der Waals surface area contributed by atoms with Gasteiger partial charge in [0, 0.05) is 10.7 Å². The molecule has 3 N–H and O–H groups in total. The minimum atomic E-state index is -0.684. The third-order valence-corrected chi connectivity index (χ3v) is 4.17. The Morgan fingerprint density at radius 2 is 2.00 bits per heavy atom. The zero-order valence-electron chi connectivity index (χ0n) is 14.4. The molecule has 1 aromatic carbocycles. The first kappa shape index (κ1) is 18.0. The quantitative estimate of drug-likeness (QED) is 0.857. The Labute approximate surface area is 156 Å². The summed E-state index contributed by atoms with van der Waals surface area (Å²) < 4.78 is 5.75. The van der Waals surface area contributed by atoms with Gasteiger partial charge in [-0.05, 0) is 42.3 Å². The molecule has 0 fully saturated rings. The van der Waals surface area contributed by atoms with Crippen LogP contribution in [0.1, 0.15) is 13.8 Å². The van der Waals surface area contributed by atoms with Crippen LogP contribution in [0.2, 0.25) is 5.02 Å². The number of nitrogens with one attached hydrogen (secondary N) is 1. The van der Waals surface area contributed by atoms with Crippen LogP contribution in [0.25, 0.3) is 0 Å². The number of pyridine rings is 1. The number of ether oxygens (including phenoxy) is 1. The third kappa shape index (κ3) is 3.72. The maximum atomic E-state index is 12.8. The Hall–Kier alpha value is -2.80. The number of aromatic nitrogens is 1. The van der Waals surface area contributed by atoms with Crippen LogP contribution in [0.5, 0.6) is 5.75 Å². The molecule has 2 aromatic rings. The highest BCUT2D eigenvalue weighted by atomic mass is 35.5. The summed E-state index contributed by atoms with van der Waals surface area (Å²) in [5, 5.41) is 3.30. The summed E-state index contributed by atoms with van der Waals surface area (Å²) in [5.41, 5.74) is 6.32. The van der Waals surface area contributed by atoms with Gasteiger partial charge in [-0.3, -0.25) is 14.5 Å². The standard InChI is InChI=1S/C18H19ClN4O3/c1-10(2)16-18(25)23(17-13(26-16)7-8-14(20)22-17)9-15(24)21-12-5-3-11(19)4-6-12/h3-8,10,16H,9H2,1-2H3,(H2,20,22)(H,21,24). The van der Waals surface area contributed by atoms with E-state index < -0.39 is 6.10 Å². The van der Waals surface area contributed by atoms with E-state index in [4.69, 9.17) is 22.1 Å². The van der Waals surface area contributed by atoms with Crippen molar-refractivity contribution in [2.45, 2.75) is 20.0 Å². The first-order valence-corrected chi connectivity index (χ1v) is 8.53. The molecule has 3 rings (SSSR count). The van der Waals surface area contributed by atoms with E-state index >= 15 is 0 Å². The van der Waals surface area contributed by atoms with Gasteiger partial charge in [-0.1, -0.05) is 25.4 Å². The van der Waals surface area contributed by atoms with Gasteiger partial charge in [-0.2, -0.15) is 0 Å². The van der Waals surface area contributed by atoms with E-state index in [1.807, 2.05) is 13.8 Å². The lowest BCUT2D eigenvalue weighted by molar-refractivity contribution is -0.129. The van der Waals surface area contributed by atoms with Crippen LogP contribution in [0.15, 0.2) is 36.4 Å². The van der Waals surface area contributed by atoms with Gasteiger partial charge >= 0.3 is 0 Å². The Balaban J connectivity index is 1.84. The molecule has 26 heavy (non-hydrogen) atoms. The fourth-order valence-electron chi connectivity index (χ4n) is 2.63. The molecule has 2 amide bonds. The molecule has 1 aliphatic rings. The smallest absolute Gasteiger partial charge is 0.270 e. The predicted molar refractivity (Wildman–Crippen MR) is 100 cm³/mol. The Morgan fingerprint density at radius 1 is 1.31 bits per heavy atom. The molecule has 8 heteroatoms. The Kier molecular flexibility index (Phi) is 4.99. The zero-order chi connectivity index (χ0) is 18.8. The van der Waals surface area contributed by atoms with Gasteiger partial charge in [-0.25, -0.2) is 4.98 Å². The van der Waals surface area contributed by atoms with Crippen LogP contribution in [0, 0.1) is 5.92 Å². The second-order valence-corrected chi connectivity index (χ2v) is 6.76. The maximum absolute atomic E-state index is 12.8. The fraction of sp³-hybridized carbons (Fsp3) is 0.278. The van der Waals surface area contributed by atoms with Gasteiger partial charge in [-0.15, -0.1) is 0 Å². The van der Waals surface area contributed by atoms with Crippen molar-refractivity contribution in [3.8, 4) is 5.75 Å². The van der Waals surface area contributed by atoms with Gasteiger partial charge in [0.15, 0.2) is 17.7 Å². The van der Waals surface area contributed by atoms with Crippen molar-refractivity contribution in [3.05, 3.63) is 41.4 Å². The minimum absolute atomic E-state index is 0.0602. The van der Waals surface area contributed by atoms with Crippen molar-refractivity contribution in [1.29, 1.82) is 0 Å². The van der Waals surface area contributed by atoms with Crippen molar-refractivity contribution in [2.24, 2.45) is 5.92 Å². The van der Waals surface area contributed by atoms with E-state index in [0.29, 0.717) is 16.5 Å². The number of carbonyl (C=O) groups excluding carboxylic acids is 2. The molecule has 7 nitrogen and oxygen atoms in total. The molecule has 1 atom stereocenters. The number of rotatable bonds is 4. The van der Waals surface area contributed by atoms with E-state index in [-0.39, 0.29) is 35.9 Å². The van der Waals surface area contributed by atoms with Crippen molar-refractivity contribution < 1.29 is 14.3 Å². The molecule has 1 unspecified atom stereocenters. The molecule has 0 aliphatic carbocycles. The van der Waals surface area contributed by atoms with Crippen molar-refractivity contribution >= 4 is 40.7 Å². The highest BCUT2D eigenvalue weighted by Gasteiger charge is 2.38. The molecule has 0 bridgehead atoms. The number of carbonyl (C=O) groups is 2. The van der Waals surface area contributed by atoms with E-state index in [9.17, 15) is 9.59 Å². The number of nitrogens with two attached hydrogens (primary N) is 1. The van der Waals surface area contributed by atoms with E-state index in [1.165, 1.54) is 4.90 Å². The SMILES string of the molecule is CC(C)C1Oc2ccc(N)nc2N(CC(=O)Nc2ccc(Cl)cc2)C1=O. The number of halogens is 1. The van der Waals surface area contributed by atoms with Crippen LogP contribution >= 0.6 is 11.6 Å². The molecular weight excluding hydrogens is 356 g/mol. The number of fused-ring (bicyclic) bond motifs is 1. The van der Waals surface area contributed by atoms with Gasteiger partial charge in [0.25, 0.3) is 5.91 Å². The van der Waals surface area contributed by atoms with Crippen LogP contribution in [0.3, 0.4) is 0 Å². The van der Waals surface area contributed by atoms with Crippen LogP contribution in [-0.2, 0) is 9.59 Å². The number of benzene rings is 1. The van der Waals surface area contributed by atoms with Gasteiger partial charge in [0.05, 0.1) is 0 Å². The lowest BCUT2D eigenvalue weighted by Crippen LogP contribution is -2.51. The number of amides is 2. The summed E-state index contributed by atoms with van der Waals surface area (Å²) >= 11 is 5.84. The van der Waals surface area contributed by atoms with Crippen molar-refractivity contribution in [3.63, 3.8) is 0 Å². The summed E-state index contributed by atoms with van der Waals surface area (Å²) in [7, 11) is 0. The van der Waals surface area contributed by atoms with Crippen LogP contribution in [-0.4, -0.2) is 29.4 Å². The number of nitrogens with zero attached hydrogens (tertiary/aromatic N) is 2. The van der Waals surface area contributed by atoms with E-state index in [0.717, 1.165) is 0 Å². The maximum Gasteiger partial charge on any atom is 0.270 e. The predicted octanol–water partition coefficient (Wildman–Crippen LogP) is 2.71. The third-order valence-electron chi connectivity index (χ3n) is 3.92. The number of hydrogen-bond donors (Lipinski definition) is 2. The Bertz CT molecular complexity index is 839. The lowest BCUT2D eigenvalue weighted by atomic mass is 10.0. The lowest BCUT2D eigenvalue weighted by Gasteiger charge is -2.34. The average molecular weight is 375 g/mol. The molecule has 0 spiro atoms. The number of nitrogen functional groups attached to an aromatic ring is 1. The van der Waals surface area contributed by atoms with Crippen LogP contribution < -0.4 is 20.7 Å². The number of hydrogen-bond acceptors (Lipinski definition) is 5. The van der Waals surface area contributed by atoms with Gasteiger partial charge in [0.1, 0.15) is 12.4 Å². The summed E-state index contributed by atoms with van der Waals surface area (Å²) in [6.45, 7) is 3.56. The summed E-state index contributed by atoms with van der Waals surface area (Å²) in [4.78, 5) is 30.7. The summed E-state index contributed by atoms with van der Waals surface area (Å²) in [6.07, 6.45) is -0.684. The van der Waals surface area contributed by atoms with E-state index in [2.05, 4.69) is 10.3 Å². The summed E-state index contributed by atoms with van der Waals surface area (Å²) in [5.74, 6) is 0.174. The van der Waals surface area contributed by atoms with Crippen LogP contribution in [0.4, 0.5) is 17.3 Å². The average Bonchev–Trinajstić information content (AvgIpc) is 2.59. The second-order valence-electron chi connectivity index (χ2n) is 6.32. The molecule has 136 valence electrons. The molecule has 0 saturated carbocycles. The second kappa shape index (κ2) is 7.21. The highest BCUT2D eigenvalue weighted by Crippen LogP contribution is 2.34. The van der Waals surface area contributed by atoms with Gasteiger partial charge < -0.3 is 15.8 Å². The molecule has 1 aromatic heterocycles. The van der Waals surface area contributed by atoms with Crippen molar-refractivity contribution in [2.75, 3.05) is 22.5 Å².